The summed E-state index contributed by atoms with van der Waals surface area (Å²) in [6.45, 7) is 3.83. The maximum Gasteiger partial charge on any atom is 0.272 e. The van der Waals surface area contributed by atoms with Gasteiger partial charge in [-0.25, -0.2) is 0 Å². The van der Waals surface area contributed by atoms with E-state index in [9.17, 15) is 15.0 Å². The van der Waals surface area contributed by atoms with Crippen molar-refractivity contribution in [2.45, 2.75) is 26.2 Å². The minimum absolute atomic E-state index is 0.0361. The van der Waals surface area contributed by atoms with Gasteiger partial charge in [-0.05, 0) is 48.6 Å². The van der Waals surface area contributed by atoms with E-state index in [4.69, 9.17) is 4.74 Å². The lowest BCUT2D eigenvalue weighted by molar-refractivity contribution is 0.415. The number of H-pyrrole nitrogens is 2. The van der Waals surface area contributed by atoms with Crippen LogP contribution < -0.4 is 15.2 Å². The maximum absolute atomic E-state index is 12.7. The van der Waals surface area contributed by atoms with Crippen LogP contribution in [0.5, 0.6) is 17.2 Å². The molecule has 7 nitrogen and oxygen atoms in total. The van der Waals surface area contributed by atoms with E-state index in [1.54, 1.807) is 13.2 Å². The number of methoxy groups -OCH3 is 1. The lowest BCUT2D eigenvalue weighted by Gasteiger charge is -2.21. The smallest absolute Gasteiger partial charge is 0.272 e. The van der Waals surface area contributed by atoms with Gasteiger partial charge in [0.15, 0.2) is 0 Å². The molecule has 2 aromatic carbocycles. The molecular formula is C22H25N3O4. The fourth-order valence-electron chi connectivity index (χ4n) is 3.99. The molecule has 3 aromatic rings. The average Bonchev–Trinajstić information content (AvgIpc) is 3.38. The van der Waals surface area contributed by atoms with E-state index in [0.29, 0.717) is 28.8 Å². The molecule has 0 unspecified atom stereocenters. The van der Waals surface area contributed by atoms with Gasteiger partial charge in [-0.15, -0.1) is 0 Å². The molecule has 152 valence electrons. The Morgan fingerprint density at radius 2 is 1.83 bits per heavy atom. The predicted octanol–water partition coefficient (Wildman–Crippen LogP) is 3.62. The van der Waals surface area contributed by atoms with Crippen LogP contribution in [0.1, 0.15) is 25.3 Å². The van der Waals surface area contributed by atoms with Gasteiger partial charge in [0.2, 0.25) is 0 Å². The minimum Gasteiger partial charge on any atom is -0.508 e. The molecule has 2 heterocycles. The van der Waals surface area contributed by atoms with Crippen molar-refractivity contribution in [2.75, 3.05) is 25.1 Å². The van der Waals surface area contributed by atoms with Crippen LogP contribution in [-0.4, -0.2) is 40.6 Å². The molecule has 0 saturated carbocycles. The Labute approximate surface area is 168 Å². The number of nitrogens with zero attached hydrogens (tertiary/aromatic N) is 1. The molecule has 1 aliphatic heterocycles. The van der Waals surface area contributed by atoms with Crippen LogP contribution in [0, 0.1) is 0 Å². The van der Waals surface area contributed by atoms with Crippen molar-refractivity contribution in [3.63, 3.8) is 0 Å². The Hall–Kier alpha value is -3.35. The van der Waals surface area contributed by atoms with Crippen LogP contribution in [-0.2, 0) is 6.42 Å². The summed E-state index contributed by atoms with van der Waals surface area (Å²) >= 11 is 0. The number of aromatic nitrogens is 2. The molecule has 7 heteroatoms. The first-order chi connectivity index (χ1) is 14.0. The molecule has 0 spiro atoms. The number of phenolic OH excluding ortho intramolecular Hbond substituents is 2. The first-order valence-corrected chi connectivity index (χ1v) is 9.82. The monoisotopic (exact) mass is 395 g/mol. The van der Waals surface area contributed by atoms with E-state index in [0.717, 1.165) is 42.9 Å². The van der Waals surface area contributed by atoms with Gasteiger partial charge in [0, 0.05) is 24.7 Å². The first-order valence-electron chi connectivity index (χ1n) is 9.82. The number of aromatic hydroxyl groups is 2. The second-order valence-corrected chi connectivity index (χ2v) is 7.26. The Bertz CT molecular complexity index is 1090. The quantitative estimate of drug-likeness (QED) is 0.529. The highest BCUT2D eigenvalue weighted by Gasteiger charge is 2.22. The molecule has 4 rings (SSSR count). The number of nitrogens with one attached hydrogen (secondary N) is 2. The van der Waals surface area contributed by atoms with Crippen molar-refractivity contribution in [1.29, 1.82) is 0 Å². The normalized spacial score (nSPS) is 13.8. The van der Waals surface area contributed by atoms with Gasteiger partial charge in [0.25, 0.3) is 5.56 Å². The minimum atomic E-state index is -0.275. The number of hydrogen-bond donors (Lipinski definition) is 4. The number of ether oxygens (including phenoxy) is 1. The third-order valence-electron chi connectivity index (χ3n) is 5.54. The SMILES string of the molecule is CCc1cc(-c2[nH][nH]c(=O)c2-c2ccc(OC)c(N3CCCC3)c2)c(O)cc1O. The van der Waals surface area contributed by atoms with Crippen molar-refractivity contribution < 1.29 is 14.9 Å². The Morgan fingerprint density at radius 3 is 2.52 bits per heavy atom. The Kier molecular flexibility index (Phi) is 4.96. The molecule has 0 bridgehead atoms. The van der Waals surface area contributed by atoms with Crippen LogP contribution in [0.3, 0.4) is 0 Å². The molecule has 0 radical (unpaired) electrons. The third-order valence-corrected chi connectivity index (χ3v) is 5.54. The fourth-order valence-corrected chi connectivity index (χ4v) is 3.99. The Morgan fingerprint density at radius 1 is 1.07 bits per heavy atom. The van der Waals surface area contributed by atoms with Crippen molar-refractivity contribution in [3.8, 4) is 39.6 Å². The molecule has 1 aliphatic rings. The van der Waals surface area contributed by atoms with E-state index >= 15 is 0 Å². The number of rotatable bonds is 5. The molecule has 0 amide bonds. The van der Waals surface area contributed by atoms with Crippen molar-refractivity contribution >= 4 is 5.69 Å². The summed E-state index contributed by atoms with van der Waals surface area (Å²) in [5.74, 6) is 0.711. The molecule has 1 saturated heterocycles. The predicted molar refractivity (Wildman–Crippen MR) is 113 cm³/mol. The molecule has 0 atom stereocenters. The summed E-state index contributed by atoms with van der Waals surface area (Å²) in [5.41, 5.74) is 3.50. The first kappa shape index (κ1) is 19.0. The second-order valence-electron chi connectivity index (χ2n) is 7.26. The standard InChI is InChI=1S/C22H25N3O4/c1-3-13-10-15(18(27)12-17(13)26)21-20(22(28)24-23-21)14-6-7-19(29-2)16(11-14)25-8-4-5-9-25/h6-7,10-12,26-27H,3-5,8-9H2,1-2H3,(H2,23,24,28). The second kappa shape index (κ2) is 7.58. The highest BCUT2D eigenvalue weighted by atomic mass is 16.5. The molecule has 1 aromatic heterocycles. The number of hydrogen-bond acceptors (Lipinski definition) is 5. The number of aromatic amines is 2. The zero-order valence-corrected chi connectivity index (χ0v) is 16.6. The maximum atomic E-state index is 12.7. The Balaban J connectivity index is 1.87. The van der Waals surface area contributed by atoms with Gasteiger partial charge in [0.1, 0.15) is 17.2 Å². The zero-order chi connectivity index (χ0) is 20.5. The van der Waals surface area contributed by atoms with Crippen LogP contribution in [0.15, 0.2) is 35.1 Å². The van der Waals surface area contributed by atoms with Crippen molar-refractivity contribution in [2.24, 2.45) is 0 Å². The van der Waals surface area contributed by atoms with Gasteiger partial charge in [0.05, 0.1) is 24.1 Å². The topological polar surface area (TPSA) is 102 Å². The van der Waals surface area contributed by atoms with Gasteiger partial charge in [-0.2, -0.15) is 0 Å². The van der Waals surface area contributed by atoms with Crippen molar-refractivity contribution in [1.82, 2.24) is 10.2 Å². The summed E-state index contributed by atoms with van der Waals surface area (Å²) in [7, 11) is 1.64. The number of anilines is 1. The molecule has 0 aliphatic carbocycles. The average molecular weight is 395 g/mol. The summed E-state index contributed by atoms with van der Waals surface area (Å²) in [6, 6.07) is 8.70. The zero-order valence-electron chi connectivity index (χ0n) is 16.6. The van der Waals surface area contributed by atoms with Gasteiger partial charge in [-0.3, -0.25) is 15.0 Å². The van der Waals surface area contributed by atoms with Gasteiger partial charge in [-0.1, -0.05) is 13.0 Å². The number of benzene rings is 2. The lowest BCUT2D eigenvalue weighted by Crippen LogP contribution is -2.18. The van der Waals surface area contributed by atoms with Gasteiger partial charge >= 0.3 is 0 Å². The van der Waals surface area contributed by atoms with Crippen LogP contribution in [0.2, 0.25) is 0 Å². The summed E-state index contributed by atoms with van der Waals surface area (Å²) in [6.07, 6.45) is 2.86. The number of aryl methyl sites for hydroxylation is 1. The van der Waals surface area contributed by atoms with Crippen LogP contribution in [0.25, 0.3) is 22.4 Å². The third kappa shape index (κ3) is 3.33. The summed E-state index contributed by atoms with van der Waals surface area (Å²) in [5, 5.41) is 26.0. The van der Waals surface area contributed by atoms with E-state index in [2.05, 4.69) is 15.1 Å². The van der Waals surface area contributed by atoms with E-state index in [1.807, 2.05) is 25.1 Å². The van der Waals surface area contributed by atoms with Crippen molar-refractivity contribution in [3.05, 3.63) is 46.2 Å². The molecule has 4 N–H and O–H groups in total. The largest absolute Gasteiger partial charge is 0.508 e. The lowest BCUT2D eigenvalue weighted by atomic mass is 9.97. The van der Waals surface area contributed by atoms with E-state index < -0.39 is 0 Å². The van der Waals surface area contributed by atoms with Crippen LogP contribution >= 0.6 is 0 Å². The van der Waals surface area contributed by atoms with E-state index in [1.165, 1.54) is 6.07 Å². The summed E-state index contributed by atoms with van der Waals surface area (Å²) < 4.78 is 5.53. The molecular weight excluding hydrogens is 370 g/mol. The van der Waals surface area contributed by atoms with E-state index in [-0.39, 0.29) is 17.1 Å². The van der Waals surface area contributed by atoms with Crippen LogP contribution in [0.4, 0.5) is 5.69 Å². The highest BCUT2D eigenvalue weighted by Crippen LogP contribution is 2.40. The molecule has 29 heavy (non-hydrogen) atoms. The summed E-state index contributed by atoms with van der Waals surface area (Å²) in [4.78, 5) is 14.9. The number of phenols is 2. The highest BCUT2D eigenvalue weighted by molar-refractivity contribution is 5.85. The fraction of sp³-hybridized carbons (Fsp3) is 0.318. The van der Waals surface area contributed by atoms with Gasteiger partial charge < -0.3 is 19.8 Å². The molecule has 1 fully saturated rings.